The number of esters is 1. The van der Waals surface area contributed by atoms with E-state index in [4.69, 9.17) is 5.11 Å². The number of nitro benzene ring substituents is 1. The van der Waals surface area contributed by atoms with Crippen molar-refractivity contribution in [2.75, 3.05) is 18.6 Å². The first-order chi connectivity index (χ1) is 10.3. The van der Waals surface area contributed by atoms with Gasteiger partial charge in [0.25, 0.3) is 5.69 Å². The summed E-state index contributed by atoms with van der Waals surface area (Å²) in [5.41, 5.74) is -0.520. The highest BCUT2D eigenvalue weighted by atomic mass is 16.6. The van der Waals surface area contributed by atoms with E-state index in [-0.39, 0.29) is 24.2 Å². The lowest BCUT2D eigenvalue weighted by molar-refractivity contribution is -0.384. The number of hydrogen-bond donors (Lipinski definition) is 1. The number of benzene rings is 1. The smallest absolute Gasteiger partial charge is 0.338 e. The number of nitro groups is 1. The van der Waals surface area contributed by atoms with Gasteiger partial charge in [0.2, 0.25) is 5.91 Å². The zero-order valence-corrected chi connectivity index (χ0v) is 11.5. The molecular formula is C13H12N2O7. The van der Waals surface area contributed by atoms with E-state index < -0.39 is 34.4 Å². The number of carboxylic acid groups (broad SMARTS) is 1. The first-order valence-corrected chi connectivity index (χ1v) is 6.25. The van der Waals surface area contributed by atoms with Crippen LogP contribution in [-0.2, 0) is 14.3 Å². The number of rotatable bonds is 4. The fraction of sp³-hybridized carbons (Fsp3) is 0.308. The third-order valence-corrected chi connectivity index (χ3v) is 3.36. The predicted molar refractivity (Wildman–Crippen MR) is 72.5 cm³/mol. The minimum atomic E-state index is -1.13. The first kappa shape index (κ1) is 15.4. The van der Waals surface area contributed by atoms with Gasteiger partial charge >= 0.3 is 11.9 Å². The van der Waals surface area contributed by atoms with Gasteiger partial charge in [-0.3, -0.25) is 19.7 Å². The number of carboxylic acids is 1. The lowest BCUT2D eigenvalue weighted by Crippen LogP contribution is -2.26. The molecule has 0 saturated carbocycles. The SMILES string of the molecule is COC(=O)c1ccc(N2CC(C(=O)O)CC2=O)c([N+](=O)[O-])c1. The van der Waals surface area contributed by atoms with E-state index >= 15 is 0 Å². The molecule has 0 aromatic heterocycles. The highest BCUT2D eigenvalue weighted by Crippen LogP contribution is 2.33. The van der Waals surface area contributed by atoms with Crippen molar-refractivity contribution in [1.82, 2.24) is 0 Å². The van der Waals surface area contributed by atoms with Crippen LogP contribution in [0, 0.1) is 16.0 Å². The topological polar surface area (TPSA) is 127 Å². The third kappa shape index (κ3) is 2.73. The molecule has 116 valence electrons. The van der Waals surface area contributed by atoms with Gasteiger partial charge in [-0.25, -0.2) is 4.79 Å². The van der Waals surface area contributed by atoms with Crippen LogP contribution in [0.1, 0.15) is 16.8 Å². The number of anilines is 1. The standard InChI is InChI=1S/C13H12N2O7/c1-22-13(19)7-2-3-9(10(4-7)15(20)21)14-6-8(12(17)18)5-11(14)16/h2-4,8H,5-6H2,1H3,(H,17,18). The van der Waals surface area contributed by atoms with Crippen LogP contribution in [0.15, 0.2) is 18.2 Å². The second-order valence-corrected chi connectivity index (χ2v) is 4.70. The number of amides is 1. The van der Waals surface area contributed by atoms with E-state index in [2.05, 4.69) is 4.74 Å². The van der Waals surface area contributed by atoms with E-state index in [1.165, 1.54) is 12.1 Å². The molecule has 1 atom stereocenters. The summed E-state index contributed by atoms with van der Waals surface area (Å²) in [6.07, 6.45) is -0.217. The molecule has 1 amide bonds. The number of methoxy groups -OCH3 is 1. The third-order valence-electron chi connectivity index (χ3n) is 3.36. The Morgan fingerprint density at radius 1 is 1.45 bits per heavy atom. The van der Waals surface area contributed by atoms with Gasteiger partial charge < -0.3 is 14.7 Å². The minimum Gasteiger partial charge on any atom is -0.481 e. The first-order valence-electron chi connectivity index (χ1n) is 6.25. The van der Waals surface area contributed by atoms with Gasteiger partial charge in [-0.1, -0.05) is 0 Å². The van der Waals surface area contributed by atoms with Crippen LogP contribution in [0.5, 0.6) is 0 Å². The molecule has 1 aliphatic rings. The average molecular weight is 308 g/mol. The zero-order valence-electron chi connectivity index (χ0n) is 11.5. The Morgan fingerprint density at radius 2 is 2.14 bits per heavy atom. The molecule has 1 aromatic carbocycles. The fourth-order valence-electron chi connectivity index (χ4n) is 2.25. The molecule has 0 radical (unpaired) electrons. The number of nitrogens with zero attached hydrogens (tertiary/aromatic N) is 2. The molecule has 1 fully saturated rings. The van der Waals surface area contributed by atoms with Crippen molar-refractivity contribution in [2.45, 2.75) is 6.42 Å². The van der Waals surface area contributed by atoms with Crippen LogP contribution in [0.25, 0.3) is 0 Å². The Hall–Kier alpha value is -2.97. The minimum absolute atomic E-state index is 0.0284. The summed E-state index contributed by atoms with van der Waals surface area (Å²) in [4.78, 5) is 45.7. The van der Waals surface area contributed by atoms with Crippen molar-refractivity contribution in [2.24, 2.45) is 5.92 Å². The molecule has 2 rings (SSSR count). The van der Waals surface area contributed by atoms with E-state index in [0.717, 1.165) is 18.1 Å². The van der Waals surface area contributed by atoms with Crippen LogP contribution >= 0.6 is 0 Å². The Morgan fingerprint density at radius 3 is 2.64 bits per heavy atom. The second kappa shape index (κ2) is 5.80. The molecule has 1 aliphatic heterocycles. The van der Waals surface area contributed by atoms with E-state index in [1.807, 2.05) is 0 Å². The van der Waals surface area contributed by atoms with Gasteiger partial charge in [0.1, 0.15) is 5.69 Å². The van der Waals surface area contributed by atoms with Crippen LogP contribution in [-0.4, -0.2) is 41.5 Å². The van der Waals surface area contributed by atoms with Gasteiger partial charge in [-0.15, -0.1) is 0 Å². The van der Waals surface area contributed by atoms with Gasteiger partial charge in [0.05, 0.1) is 23.5 Å². The number of aliphatic carboxylic acids is 1. The summed E-state index contributed by atoms with van der Waals surface area (Å²) >= 11 is 0. The molecule has 1 unspecified atom stereocenters. The van der Waals surface area contributed by atoms with Crippen molar-refractivity contribution in [3.8, 4) is 0 Å². The molecule has 1 N–H and O–H groups in total. The summed E-state index contributed by atoms with van der Waals surface area (Å²) < 4.78 is 4.49. The van der Waals surface area contributed by atoms with Crippen LogP contribution in [0.3, 0.4) is 0 Å². The maximum Gasteiger partial charge on any atom is 0.338 e. The Balaban J connectivity index is 2.43. The number of carbonyl (C=O) groups is 3. The summed E-state index contributed by atoms with van der Waals surface area (Å²) in [5.74, 6) is -3.30. The maximum absolute atomic E-state index is 11.9. The normalized spacial score (nSPS) is 17.4. The molecule has 1 saturated heterocycles. The summed E-state index contributed by atoms with van der Waals surface area (Å²) in [6, 6.07) is 3.53. The molecule has 0 aliphatic carbocycles. The van der Waals surface area contributed by atoms with Crippen molar-refractivity contribution in [3.63, 3.8) is 0 Å². The van der Waals surface area contributed by atoms with Crippen molar-refractivity contribution in [3.05, 3.63) is 33.9 Å². The maximum atomic E-state index is 11.9. The van der Waals surface area contributed by atoms with Crippen LogP contribution in [0.4, 0.5) is 11.4 Å². The average Bonchev–Trinajstić information content (AvgIpc) is 2.87. The van der Waals surface area contributed by atoms with E-state index in [0.29, 0.717) is 0 Å². The van der Waals surface area contributed by atoms with Crippen molar-refractivity contribution < 1.29 is 29.2 Å². The monoisotopic (exact) mass is 308 g/mol. The second-order valence-electron chi connectivity index (χ2n) is 4.70. The summed E-state index contributed by atoms with van der Waals surface area (Å²) in [5, 5.41) is 20.1. The molecular weight excluding hydrogens is 296 g/mol. The summed E-state index contributed by atoms with van der Waals surface area (Å²) in [6.45, 7) is -0.146. The van der Waals surface area contributed by atoms with Crippen LogP contribution in [0.2, 0.25) is 0 Å². The molecule has 1 heterocycles. The lowest BCUT2D eigenvalue weighted by atomic mass is 10.1. The van der Waals surface area contributed by atoms with E-state index in [9.17, 15) is 24.5 Å². The highest BCUT2D eigenvalue weighted by Gasteiger charge is 2.38. The zero-order chi connectivity index (χ0) is 16.4. The Bertz CT molecular complexity index is 670. The molecule has 22 heavy (non-hydrogen) atoms. The Labute approximate surface area is 124 Å². The quantitative estimate of drug-likeness (QED) is 0.495. The van der Waals surface area contributed by atoms with Gasteiger partial charge in [0.15, 0.2) is 0 Å². The number of carbonyl (C=O) groups excluding carboxylic acids is 2. The van der Waals surface area contributed by atoms with Crippen molar-refractivity contribution in [1.29, 1.82) is 0 Å². The van der Waals surface area contributed by atoms with Gasteiger partial charge in [0, 0.05) is 19.0 Å². The molecule has 0 bridgehead atoms. The number of hydrogen-bond acceptors (Lipinski definition) is 6. The van der Waals surface area contributed by atoms with Crippen molar-refractivity contribution >= 4 is 29.2 Å². The number of ether oxygens (including phenoxy) is 1. The highest BCUT2D eigenvalue weighted by molar-refractivity contribution is 6.01. The van der Waals surface area contributed by atoms with E-state index in [1.54, 1.807) is 0 Å². The predicted octanol–water partition coefficient (Wildman–Crippen LogP) is 0.819. The lowest BCUT2D eigenvalue weighted by Gasteiger charge is -2.16. The van der Waals surface area contributed by atoms with Gasteiger partial charge in [-0.05, 0) is 12.1 Å². The van der Waals surface area contributed by atoms with Gasteiger partial charge in [-0.2, -0.15) is 0 Å². The largest absolute Gasteiger partial charge is 0.481 e. The molecule has 9 heteroatoms. The van der Waals surface area contributed by atoms with Crippen LogP contribution < -0.4 is 4.90 Å². The Kier molecular flexibility index (Phi) is 4.06. The molecule has 0 spiro atoms. The molecule has 9 nitrogen and oxygen atoms in total. The molecule has 1 aromatic rings. The fourth-order valence-corrected chi connectivity index (χ4v) is 2.25. The summed E-state index contributed by atoms with van der Waals surface area (Å²) in [7, 11) is 1.14.